The molecule has 0 unspecified atom stereocenters. The van der Waals surface area contributed by atoms with Crippen molar-refractivity contribution in [3.05, 3.63) is 35.9 Å². The van der Waals surface area contributed by atoms with Crippen molar-refractivity contribution in [1.29, 1.82) is 0 Å². The number of carbonyl (C=O) groups is 2. The Morgan fingerprint density at radius 1 is 1.13 bits per heavy atom. The summed E-state index contributed by atoms with van der Waals surface area (Å²) in [4.78, 5) is 26.2. The van der Waals surface area contributed by atoms with Crippen LogP contribution in [0.3, 0.4) is 0 Å². The second kappa shape index (κ2) is 6.73. The Hall–Kier alpha value is -1.84. The van der Waals surface area contributed by atoms with E-state index in [1.54, 1.807) is 11.8 Å². The third-order valence-electron chi connectivity index (χ3n) is 4.50. The number of hydrogen-bond donors (Lipinski definition) is 0. The second-order valence-corrected chi connectivity index (χ2v) is 7.47. The first-order valence-electron chi connectivity index (χ1n) is 8.25. The summed E-state index contributed by atoms with van der Waals surface area (Å²) in [5.41, 5.74) is 0.323. The van der Waals surface area contributed by atoms with Gasteiger partial charge in [-0.25, -0.2) is 4.79 Å². The van der Waals surface area contributed by atoms with Crippen LogP contribution in [0.4, 0.5) is 4.79 Å². The van der Waals surface area contributed by atoms with Gasteiger partial charge in [-0.05, 0) is 52.5 Å². The number of rotatable bonds is 3. The molecule has 126 valence electrons. The molecule has 0 radical (unpaired) electrons. The van der Waals surface area contributed by atoms with E-state index in [4.69, 9.17) is 4.74 Å². The van der Waals surface area contributed by atoms with Crippen molar-refractivity contribution in [3.8, 4) is 0 Å². The molecule has 1 aromatic rings. The third kappa shape index (κ3) is 4.57. The Morgan fingerprint density at radius 3 is 2.17 bits per heavy atom. The smallest absolute Gasteiger partial charge is 0.410 e. The highest BCUT2D eigenvalue weighted by atomic mass is 16.6. The van der Waals surface area contributed by atoms with Crippen molar-refractivity contribution in [2.45, 2.75) is 52.6 Å². The molecule has 0 saturated carbocycles. The number of carbonyl (C=O) groups excluding carboxylic acids is 2. The lowest BCUT2D eigenvalue weighted by molar-refractivity contribution is -0.129. The highest BCUT2D eigenvalue weighted by Crippen LogP contribution is 2.36. The van der Waals surface area contributed by atoms with E-state index in [-0.39, 0.29) is 17.3 Å². The molecule has 2 rings (SSSR count). The summed E-state index contributed by atoms with van der Waals surface area (Å²) in [5, 5.41) is 0. The molecular weight excluding hydrogens is 290 g/mol. The lowest BCUT2D eigenvalue weighted by Crippen LogP contribution is -2.48. The molecule has 1 aliphatic heterocycles. The van der Waals surface area contributed by atoms with Gasteiger partial charge in [0.05, 0.1) is 0 Å². The first-order valence-corrected chi connectivity index (χ1v) is 8.25. The van der Waals surface area contributed by atoms with Crippen LogP contribution in [0.5, 0.6) is 0 Å². The molecule has 0 N–H and O–H groups in total. The fraction of sp³-hybridized carbons (Fsp3) is 0.579. The van der Waals surface area contributed by atoms with Gasteiger partial charge in [-0.15, -0.1) is 0 Å². The first-order chi connectivity index (χ1) is 10.7. The number of nitrogens with zero attached hydrogens (tertiary/aromatic N) is 1. The molecule has 4 nitrogen and oxygen atoms in total. The van der Waals surface area contributed by atoms with Crippen molar-refractivity contribution in [3.63, 3.8) is 0 Å². The Labute approximate surface area is 138 Å². The number of benzene rings is 1. The number of ketones is 1. The molecule has 1 saturated heterocycles. The van der Waals surface area contributed by atoms with Crippen LogP contribution in [0.2, 0.25) is 0 Å². The molecule has 0 aliphatic carbocycles. The second-order valence-electron chi connectivity index (χ2n) is 7.47. The Bertz CT molecular complexity index is 552. The van der Waals surface area contributed by atoms with Crippen molar-refractivity contribution in [1.82, 2.24) is 4.90 Å². The van der Waals surface area contributed by atoms with Crippen molar-refractivity contribution < 1.29 is 14.3 Å². The average molecular weight is 317 g/mol. The molecule has 0 atom stereocenters. The largest absolute Gasteiger partial charge is 0.444 e. The summed E-state index contributed by atoms with van der Waals surface area (Å²) < 4.78 is 5.43. The van der Waals surface area contributed by atoms with Gasteiger partial charge in [0.1, 0.15) is 11.4 Å². The van der Waals surface area contributed by atoms with E-state index >= 15 is 0 Å². The van der Waals surface area contributed by atoms with E-state index in [1.807, 2.05) is 39.0 Å². The lowest BCUT2D eigenvalue weighted by atomic mass is 9.71. The Morgan fingerprint density at radius 2 is 1.70 bits per heavy atom. The summed E-state index contributed by atoms with van der Waals surface area (Å²) in [5.74, 6) is 0.213. The topological polar surface area (TPSA) is 46.6 Å². The van der Waals surface area contributed by atoms with Gasteiger partial charge in [0.15, 0.2) is 0 Å². The van der Waals surface area contributed by atoms with E-state index in [2.05, 4.69) is 12.1 Å². The minimum absolute atomic E-state index is 0.213. The zero-order valence-corrected chi connectivity index (χ0v) is 14.6. The van der Waals surface area contributed by atoms with Crippen LogP contribution in [-0.2, 0) is 16.0 Å². The number of ether oxygens (including phenoxy) is 1. The first kappa shape index (κ1) is 17.5. The maximum Gasteiger partial charge on any atom is 0.410 e. The fourth-order valence-electron chi connectivity index (χ4n) is 3.08. The minimum Gasteiger partial charge on any atom is -0.444 e. The highest BCUT2D eigenvalue weighted by Gasteiger charge is 2.40. The summed E-state index contributed by atoms with van der Waals surface area (Å²) in [6.45, 7) is 8.41. The Balaban J connectivity index is 2.03. The van der Waals surface area contributed by atoms with Crippen LogP contribution in [0, 0.1) is 5.41 Å². The van der Waals surface area contributed by atoms with Gasteiger partial charge in [0.25, 0.3) is 0 Å². The summed E-state index contributed by atoms with van der Waals surface area (Å²) in [7, 11) is 0. The monoisotopic (exact) mass is 317 g/mol. The summed E-state index contributed by atoms with van der Waals surface area (Å²) >= 11 is 0. The zero-order valence-electron chi connectivity index (χ0n) is 14.6. The lowest BCUT2D eigenvalue weighted by Gasteiger charge is -2.40. The third-order valence-corrected chi connectivity index (χ3v) is 4.50. The van der Waals surface area contributed by atoms with E-state index in [0.29, 0.717) is 25.9 Å². The molecule has 1 heterocycles. The number of likely N-dealkylation sites (tertiary alicyclic amines) is 1. The minimum atomic E-state index is -0.490. The van der Waals surface area contributed by atoms with Crippen LogP contribution >= 0.6 is 0 Å². The van der Waals surface area contributed by atoms with E-state index in [0.717, 1.165) is 6.42 Å². The maximum absolute atomic E-state index is 12.3. The Kier molecular flexibility index (Phi) is 5.12. The molecule has 23 heavy (non-hydrogen) atoms. The van der Waals surface area contributed by atoms with Gasteiger partial charge in [0.2, 0.25) is 0 Å². The molecule has 0 bridgehead atoms. The van der Waals surface area contributed by atoms with Crippen LogP contribution in [-0.4, -0.2) is 35.5 Å². The molecule has 1 amide bonds. The van der Waals surface area contributed by atoms with Gasteiger partial charge >= 0.3 is 6.09 Å². The number of amides is 1. The molecule has 1 fully saturated rings. The number of piperidine rings is 1. The van der Waals surface area contributed by atoms with Crippen LogP contribution < -0.4 is 0 Å². The van der Waals surface area contributed by atoms with Crippen molar-refractivity contribution in [2.75, 3.05) is 13.1 Å². The van der Waals surface area contributed by atoms with E-state index < -0.39 is 5.60 Å². The van der Waals surface area contributed by atoms with Crippen molar-refractivity contribution >= 4 is 11.9 Å². The van der Waals surface area contributed by atoms with Gasteiger partial charge in [0, 0.05) is 18.5 Å². The van der Waals surface area contributed by atoms with Gasteiger partial charge < -0.3 is 9.64 Å². The SMILES string of the molecule is CC(=O)C1(Cc2ccccc2)CCN(C(=O)OC(C)(C)C)CC1. The predicted molar refractivity (Wildman–Crippen MR) is 90.3 cm³/mol. The summed E-state index contributed by atoms with van der Waals surface area (Å²) in [6.07, 6.45) is 1.84. The fourth-order valence-corrected chi connectivity index (χ4v) is 3.08. The normalized spacial score (nSPS) is 17.7. The van der Waals surface area contributed by atoms with Crippen LogP contribution in [0.25, 0.3) is 0 Å². The molecular formula is C19H27NO3. The van der Waals surface area contributed by atoms with E-state index in [1.165, 1.54) is 5.56 Å². The molecule has 1 aliphatic rings. The van der Waals surface area contributed by atoms with Crippen molar-refractivity contribution in [2.24, 2.45) is 5.41 Å². The number of hydrogen-bond acceptors (Lipinski definition) is 3. The molecule has 1 aromatic carbocycles. The quantitative estimate of drug-likeness (QED) is 0.851. The summed E-state index contributed by atoms with van der Waals surface area (Å²) in [6, 6.07) is 10.1. The van der Waals surface area contributed by atoms with Gasteiger partial charge in [-0.1, -0.05) is 30.3 Å². The van der Waals surface area contributed by atoms with Crippen LogP contribution in [0.1, 0.15) is 46.1 Å². The molecule has 0 spiro atoms. The van der Waals surface area contributed by atoms with Gasteiger partial charge in [-0.3, -0.25) is 4.79 Å². The number of Topliss-reactive ketones (excluding diaryl/α,β-unsaturated/α-hetero) is 1. The zero-order chi connectivity index (χ0) is 17.1. The molecule has 0 aromatic heterocycles. The van der Waals surface area contributed by atoms with Gasteiger partial charge in [-0.2, -0.15) is 0 Å². The van der Waals surface area contributed by atoms with Crippen LogP contribution in [0.15, 0.2) is 30.3 Å². The highest BCUT2D eigenvalue weighted by molar-refractivity contribution is 5.83. The average Bonchev–Trinajstić information content (AvgIpc) is 2.47. The van der Waals surface area contributed by atoms with E-state index in [9.17, 15) is 9.59 Å². The molecule has 4 heteroatoms. The maximum atomic E-state index is 12.3. The predicted octanol–water partition coefficient (Wildman–Crippen LogP) is 3.84. The standard InChI is InChI=1S/C19H27NO3/c1-15(21)19(14-16-8-6-5-7-9-16)10-12-20(13-11-19)17(22)23-18(2,3)4/h5-9H,10-14H2,1-4H3.